The van der Waals surface area contributed by atoms with Crippen LogP contribution in [0.15, 0.2) is 30.6 Å². The molecule has 0 radical (unpaired) electrons. The van der Waals surface area contributed by atoms with E-state index in [1.807, 2.05) is 12.1 Å². The molecule has 1 heterocycles. The van der Waals surface area contributed by atoms with E-state index in [1.165, 1.54) is 0 Å². The van der Waals surface area contributed by atoms with Gasteiger partial charge < -0.3 is 10.5 Å². The van der Waals surface area contributed by atoms with Gasteiger partial charge in [-0.25, -0.2) is 4.79 Å². The van der Waals surface area contributed by atoms with Gasteiger partial charge in [-0.1, -0.05) is 6.07 Å². The lowest BCUT2D eigenvalue weighted by molar-refractivity contribution is 0.0528. The summed E-state index contributed by atoms with van der Waals surface area (Å²) in [6.45, 7) is 2.10. The maximum absolute atomic E-state index is 11.6. The van der Waals surface area contributed by atoms with Gasteiger partial charge in [-0.3, -0.25) is 4.98 Å². The molecule has 2 N–H and O–H groups in total. The second-order valence-electron chi connectivity index (χ2n) is 3.34. The topological polar surface area (TPSA) is 65.2 Å². The van der Waals surface area contributed by atoms with E-state index < -0.39 is 5.97 Å². The molecular formula is C12H12N2O2. The number of rotatable bonds is 2. The molecular weight excluding hydrogens is 204 g/mol. The number of nitrogen functional groups attached to an aromatic ring is 1. The Bertz CT molecular complexity index is 538. The van der Waals surface area contributed by atoms with Gasteiger partial charge in [0.1, 0.15) is 0 Å². The molecule has 82 valence electrons. The minimum atomic E-state index is -0.397. The highest BCUT2D eigenvalue weighted by molar-refractivity contribution is 6.05. The third kappa shape index (κ3) is 1.69. The van der Waals surface area contributed by atoms with Crippen LogP contribution in [-0.2, 0) is 4.74 Å². The SMILES string of the molecule is CCOC(=O)c1ccc2ccncc2c1N. The number of hydrogen-bond acceptors (Lipinski definition) is 4. The molecule has 0 unspecified atom stereocenters. The van der Waals surface area contributed by atoms with Gasteiger partial charge in [-0.2, -0.15) is 0 Å². The Morgan fingerprint density at radius 1 is 1.44 bits per heavy atom. The van der Waals surface area contributed by atoms with Gasteiger partial charge in [-0.05, 0) is 24.4 Å². The van der Waals surface area contributed by atoms with Crippen LogP contribution in [0.3, 0.4) is 0 Å². The zero-order valence-corrected chi connectivity index (χ0v) is 8.93. The number of hydrogen-bond donors (Lipinski definition) is 1. The normalized spacial score (nSPS) is 10.3. The number of ether oxygens (including phenoxy) is 1. The molecule has 0 aliphatic heterocycles. The highest BCUT2D eigenvalue weighted by Gasteiger charge is 2.12. The average Bonchev–Trinajstić information content (AvgIpc) is 2.30. The predicted molar refractivity (Wildman–Crippen MR) is 62.1 cm³/mol. The number of carbonyl (C=O) groups is 1. The monoisotopic (exact) mass is 216 g/mol. The van der Waals surface area contributed by atoms with Crippen molar-refractivity contribution in [2.45, 2.75) is 6.92 Å². The Hall–Kier alpha value is -2.10. The number of fused-ring (bicyclic) bond motifs is 1. The minimum Gasteiger partial charge on any atom is -0.462 e. The van der Waals surface area contributed by atoms with Crippen LogP contribution in [0.1, 0.15) is 17.3 Å². The molecule has 2 aromatic rings. The minimum absolute atomic E-state index is 0.337. The van der Waals surface area contributed by atoms with Crippen molar-refractivity contribution in [2.75, 3.05) is 12.3 Å². The van der Waals surface area contributed by atoms with Crippen LogP contribution in [0.25, 0.3) is 10.8 Å². The van der Waals surface area contributed by atoms with E-state index in [2.05, 4.69) is 4.98 Å². The number of carbonyl (C=O) groups excluding carboxylic acids is 1. The second kappa shape index (κ2) is 4.18. The molecule has 0 bridgehead atoms. The second-order valence-corrected chi connectivity index (χ2v) is 3.34. The molecule has 4 heteroatoms. The number of aromatic nitrogens is 1. The Labute approximate surface area is 93.0 Å². The molecule has 0 aliphatic carbocycles. The Morgan fingerprint density at radius 3 is 3.00 bits per heavy atom. The number of esters is 1. The van der Waals surface area contributed by atoms with Crippen LogP contribution in [0.5, 0.6) is 0 Å². The van der Waals surface area contributed by atoms with Crippen LogP contribution < -0.4 is 5.73 Å². The molecule has 0 fully saturated rings. The first kappa shape index (κ1) is 10.4. The van der Waals surface area contributed by atoms with Gasteiger partial charge in [0.2, 0.25) is 0 Å². The standard InChI is InChI=1S/C12H12N2O2/c1-2-16-12(15)9-4-3-8-5-6-14-7-10(8)11(9)13/h3-7H,2,13H2,1H3. The fraction of sp³-hybridized carbons (Fsp3) is 0.167. The van der Waals surface area contributed by atoms with E-state index in [4.69, 9.17) is 10.5 Å². The molecule has 1 aromatic carbocycles. The van der Waals surface area contributed by atoms with Crippen molar-refractivity contribution in [1.29, 1.82) is 0 Å². The van der Waals surface area contributed by atoms with Crippen LogP contribution in [0.2, 0.25) is 0 Å². The molecule has 1 aromatic heterocycles. The van der Waals surface area contributed by atoms with Crippen molar-refractivity contribution >= 4 is 22.4 Å². The molecule has 0 spiro atoms. The van der Waals surface area contributed by atoms with Crippen LogP contribution in [-0.4, -0.2) is 17.6 Å². The van der Waals surface area contributed by atoms with Gasteiger partial charge in [-0.15, -0.1) is 0 Å². The van der Waals surface area contributed by atoms with E-state index in [0.717, 1.165) is 10.8 Å². The molecule has 16 heavy (non-hydrogen) atoms. The summed E-state index contributed by atoms with van der Waals surface area (Å²) in [5, 5.41) is 1.73. The van der Waals surface area contributed by atoms with Crippen molar-refractivity contribution in [1.82, 2.24) is 4.98 Å². The summed E-state index contributed by atoms with van der Waals surface area (Å²) in [5.41, 5.74) is 6.72. The Balaban J connectivity index is 2.56. The summed E-state index contributed by atoms with van der Waals surface area (Å²) in [5.74, 6) is -0.397. The zero-order chi connectivity index (χ0) is 11.5. The molecule has 0 saturated heterocycles. The highest BCUT2D eigenvalue weighted by atomic mass is 16.5. The first-order valence-corrected chi connectivity index (χ1v) is 5.03. The van der Waals surface area contributed by atoms with Gasteiger partial charge in [0.15, 0.2) is 0 Å². The quantitative estimate of drug-likeness (QED) is 0.616. The molecule has 0 aliphatic rings. The number of pyridine rings is 1. The van der Waals surface area contributed by atoms with E-state index in [1.54, 1.807) is 25.4 Å². The summed E-state index contributed by atoms with van der Waals surface area (Å²) in [4.78, 5) is 15.6. The molecule has 0 amide bonds. The first-order valence-electron chi connectivity index (χ1n) is 5.03. The molecule has 4 nitrogen and oxygen atoms in total. The smallest absolute Gasteiger partial charge is 0.340 e. The molecule has 0 saturated carbocycles. The van der Waals surface area contributed by atoms with Crippen molar-refractivity contribution in [2.24, 2.45) is 0 Å². The van der Waals surface area contributed by atoms with Crippen LogP contribution in [0, 0.1) is 0 Å². The maximum Gasteiger partial charge on any atom is 0.340 e. The van der Waals surface area contributed by atoms with Crippen molar-refractivity contribution < 1.29 is 9.53 Å². The summed E-state index contributed by atoms with van der Waals surface area (Å²) in [6, 6.07) is 5.36. The summed E-state index contributed by atoms with van der Waals surface area (Å²) >= 11 is 0. The van der Waals surface area contributed by atoms with Crippen molar-refractivity contribution in [3.63, 3.8) is 0 Å². The van der Waals surface area contributed by atoms with E-state index in [0.29, 0.717) is 17.9 Å². The predicted octanol–water partition coefficient (Wildman–Crippen LogP) is 1.99. The molecule has 0 atom stereocenters. The third-order valence-electron chi connectivity index (χ3n) is 2.36. The Morgan fingerprint density at radius 2 is 2.25 bits per heavy atom. The van der Waals surface area contributed by atoms with Crippen molar-refractivity contribution in [3.8, 4) is 0 Å². The van der Waals surface area contributed by atoms with Crippen molar-refractivity contribution in [3.05, 3.63) is 36.2 Å². The first-order chi connectivity index (χ1) is 7.74. The number of benzene rings is 1. The van der Waals surface area contributed by atoms with Gasteiger partial charge in [0.05, 0.1) is 17.9 Å². The van der Waals surface area contributed by atoms with E-state index in [-0.39, 0.29) is 0 Å². The third-order valence-corrected chi connectivity index (χ3v) is 2.36. The lowest BCUT2D eigenvalue weighted by Gasteiger charge is -2.07. The maximum atomic E-state index is 11.6. The lowest BCUT2D eigenvalue weighted by Crippen LogP contribution is -2.08. The fourth-order valence-corrected chi connectivity index (χ4v) is 1.57. The summed E-state index contributed by atoms with van der Waals surface area (Å²) in [7, 11) is 0. The van der Waals surface area contributed by atoms with Crippen LogP contribution >= 0.6 is 0 Å². The van der Waals surface area contributed by atoms with E-state index >= 15 is 0 Å². The summed E-state index contributed by atoms with van der Waals surface area (Å²) in [6.07, 6.45) is 3.33. The number of nitrogens with two attached hydrogens (primary N) is 1. The Kier molecular flexibility index (Phi) is 2.72. The highest BCUT2D eigenvalue weighted by Crippen LogP contribution is 2.24. The number of anilines is 1. The lowest BCUT2D eigenvalue weighted by atomic mass is 10.1. The number of nitrogens with zero attached hydrogens (tertiary/aromatic N) is 1. The van der Waals surface area contributed by atoms with Gasteiger partial charge in [0.25, 0.3) is 0 Å². The van der Waals surface area contributed by atoms with Gasteiger partial charge in [0, 0.05) is 17.8 Å². The van der Waals surface area contributed by atoms with Gasteiger partial charge >= 0.3 is 5.97 Å². The fourth-order valence-electron chi connectivity index (χ4n) is 1.57. The summed E-state index contributed by atoms with van der Waals surface area (Å²) < 4.78 is 4.92. The van der Waals surface area contributed by atoms with E-state index in [9.17, 15) is 4.79 Å². The zero-order valence-electron chi connectivity index (χ0n) is 8.93. The van der Waals surface area contributed by atoms with Crippen LogP contribution in [0.4, 0.5) is 5.69 Å². The largest absolute Gasteiger partial charge is 0.462 e. The molecule has 2 rings (SSSR count). The average molecular weight is 216 g/mol.